The Kier molecular flexibility index (Phi) is 2.99. The highest BCUT2D eigenvalue weighted by Crippen LogP contribution is 2.65. The molecule has 4 fully saturated rings. The molecule has 2 aliphatic heterocycles. The molecule has 0 amide bonds. The quantitative estimate of drug-likeness (QED) is 0.697. The fraction of sp³-hybridized carbons (Fsp3) is 0.875. The van der Waals surface area contributed by atoms with Gasteiger partial charge in [-0.3, -0.25) is 0 Å². The zero-order chi connectivity index (χ0) is 15.8. The monoisotopic (exact) mass is 310 g/mol. The van der Waals surface area contributed by atoms with Gasteiger partial charge in [-0.1, -0.05) is 0 Å². The van der Waals surface area contributed by atoms with Gasteiger partial charge < -0.3 is 18.8 Å². The molecule has 4 aliphatic rings. The largest absolute Gasteiger partial charge is 0.525 e. The van der Waals surface area contributed by atoms with E-state index in [9.17, 15) is 4.39 Å². The first-order valence-electron chi connectivity index (χ1n) is 8.17. The van der Waals surface area contributed by atoms with Gasteiger partial charge in [0.25, 0.3) is 0 Å². The summed E-state index contributed by atoms with van der Waals surface area (Å²) in [6.45, 7) is 9.13. The first kappa shape index (κ1) is 15.1. The van der Waals surface area contributed by atoms with E-state index in [1.807, 2.05) is 27.7 Å². The van der Waals surface area contributed by atoms with Crippen molar-refractivity contribution in [3.63, 3.8) is 0 Å². The summed E-state index contributed by atoms with van der Waals surface area (Å²) in [5.74, 6) is -0.355. The van der Waals surface area contributed by atoms with Crippen molar-refractivity contribution in [1.29, 1.82) is 0 Å². The summed E-state index contributed by atoms with van der Waals surface area (Å²) in [6, 6.07) is 0. The SMILES string of the molecule is CC1(C)OB(C(F)=C2CC3(C2)CC2(C3)OCCO2)OC1(C)C. The lowest BCUT2D eigenvalue weighted by Crippen LogP contribution is -2.56. The summed E-state index contributed by atoms with van der Waals surface area (Å²) >= 11 is 0. The number of rotatable bonds is 1. The third-order valence-electron chi connectivity index (χ3n) is 6.08. The molecule has 6 heteroatoms. The summed E-state index contributed by atoms with van der Waals surface area (Å²) < 4.78 is 37.6. The van der Waals surface area contributed by atoms with E-state index >= 15 is 0 Å². The van der Waals surface area contributed by atoms with Crippen molar-refractivity contribution < 1.29 is 23.2 Å². The summed E-state index contributed by atoms with van der Waals surface area (Å²) in [6.07, 6.45) is 3.33. The Morgan fingerprint density at radius 2 is 1.45 bits per heavy atom. The molecule has 0 aromatic rings. The highest BCUT2D eigenvalue weighted by Gasteiger charge is 2.63. The van der Waals surface area contributed by atoms with Crippen molar-refractivity contribution in [3.05, 3.63) is 11.3 Å². The van der Waals surface area contributed by atoms with Crippen LogP contribution < -0.4 is 0 Å². The minimum atomic E-state index is -0.856. The first-order valence-corrected chi connectivity index (χ1v) is 8.17. The van der Waals surface area contributed by atoms with Crippen molar-refractivity contribution in [2.45, 2.75) is 70.4 Å². The van der Waals surface area contributed by atoms with Crippen LogP contribution in [0.5, 0.6) is 0 Å². The molecule has 2 saturated heterocycles. The van der Waals surface area contributed by atoms with E-state index in [1.165, 1.54) is 0 Å². The van der Waals surface area contributed by atoms with Crippen LogP contribution in [-0.4, -0.2) is 37.3 Å². The second-order valence-electron chi connectivity index (χ2n) is 8.35. The van der Waals surface area contributed by atoms with Gasteiger partial charge in [0.05, 0.1) is 24.4 Å². The minimum absolute atomic E-state index is 0.181. The average Bonchev–Trinajstić information content (AvgIpc) is 2.87. The molecule has 22 heavy (non-hydrogen) atoms. The van der Waals surface area contributed by atoms with E-state index in [4.69, 9.17) is 18.8 Å². The highest BCUT2D eigenvalue weighted by atomic mass is 19.1. The molecule has 0 unspecified atom stereocenters. The van der Waals surface area contributed by atoms with Crippen LogP contribution >= 0.6 is 0 Å². The molecule has 2 saturated carbocycles. The predicted octanol–water partition coefficient (Wildman–Crippen LogP) is 3.16. The zero-order valence-electron chi connectivity index (χ0n) is 13.8. The molecule has 0 aromatic heterocycles. The maximum atomic E-state index is 14.7. The van der Waals surface area contributed by atoms with Crippen LogP contribution in [0.3, 0.4) is 0 Å². The second kappa shape index (κ2) is 4.35. The molecule has 0 N–H and O–H groups in total. The summed E-state index contributed by atoms with van der Waals surface area (Å²) in [5, 5.41) is 0. The number of allylic oxidation sites excluding steroid dienone is 1. The third kappa shape index (κ3) is 2.04. The van der Waals surface area contributed by atoms with Crippen molar-refractivity contribution in [2.24, 2.45) is 5.41 Å². The van der Waals surface area contributed by atoms with E-state index in [0.717, 1.165) is 31.3 Å². The number of hydrogen-bond donors (Lipinski definition) is 0. The van der Waals surface area contributed by atoms with Crippen LogP contribution in [-0.2, 0) is 18.8 Å². The lowest BCUT2D eigenvalue weighted by molar-refractivity contribution is -0.271. The maximum absolute atomic E-state index is 14.7. The van der Waals surface area contributed by atoms with E-state index in [0.29, 0.717) is 13.2 Å². The summed E-state index contributed by atoms with van der Waals surface area (Å²) in [4.78, 5) is 0. The van der Waals surface area contributed by atoms with Gasteiger partial charge in [0.15, 0.2) is 5.79 Å². The average molecular weight is 310 g/mol. The number of halogens is 1. The van der Waals surface area contributed by atoms with Crippen LogP contribution in [0.4, 0.5) is 4.39 Å². The molecule has 0 atom stereocenters. The van der Waals surface area contributed by atoms with Crippen molar-refractivity contribution >= 4 is 7.12 Å². The number of ether oxygens (including phenoxy) is 2. The van der Waals surface area contributed by atoms with Gasteiger partial charge in [-0.15, -0.1) is 0 Å². The van der Waals surface area contributed by atoms with Crippen molar-refractivity contribution in [3.8, 4) is 0 Å². The van der Waals surface area contributed by atoms with Crippen LogP contribution in [0, 0.1) is 5.41 Å². The smallest absolute Gasteiger partial charge is 0.398 e. The van der Waals surface area contributed by atoms with Crippen LogP contribution in [0.1, 0.15) is 53.4 Å². The lowest BCUT2D eigenvalue weighted by atomic mass is 9.50. The lowest BCUT2D eigenvalue weighted by Gasteiger charge is -2.58. The van der Waals surface area contributed by atoms with Gasteiger partial charge in [-0.2, -0.15) is 0 Å². The molecule has 2 spiro atoms. The van der Waals surface area contributed by atoms with Gasteiger partial charge >= 0.3 is 7.12 Å². The third-order valence-corrected chi connectivity index (χ3v) is 6.08. The van der Waals surface area contributed by atoms with E-state index in [-0.39, 0.29) is 16.9 Å². The van der Waals surface area contributed by atoms with Gasteiger partial charge in [-0.25, -0.2) is 4.39 Å². The van der Waals surface area contributed by atoms with E-state index < -0.39 is 18.3 Å². The normalized spacial score (nSPS) is 33.1. The molecule has 4 nitrogen and oxygen atoms in total. The maximum Gasteiger partial charge on any atom is 0.525 e. The molecule has 2 heterocycles. The Morgan fingerprint density at radius 1 is 0.955 bits per heavy atom. The minimum Gasteiger partial charge on any atom is -0.398 e. The Bertz CT molecular complexity index is 502. The Morgan fingerprint density at radius 3 is 1.95 bits per heavy atom. The Labute approximate surface area is 131 Å². The van der Waals surface area contributed by atoms with Crippen LogP contribution in [0.2, 0.25) is 0 Å². The Balaban J connectivity index is 1.41. The van der Waals surface area contributed by atoms with Crippen LogP contribution in [0.25, 0.3) is 0 Å². The molecule has 2 aliphatic carbocycles. The zero-order valence-corrected chi connectivity index (χ0v) is 13.8. The topological polar surface area (TPSA) is 36.9 Å². The van der Waals surface area contributed by atoms with Crippen molar-refractivity contribution in [1.82, 2.24) is 0 Å². The van der Waals surface area contributed by atoms with E-state index in [2.05, 4.69) is 0 Å². The second-order valence-corrected chi connectivity index (χ2v) is 8.35. The van der Waals surface area contributed by atoms with Gasteiger partial charge in [0, 0.05) is 12.8 Å². The Hall–Kier alpha value is -0.425. The number of hydrogen-bond acceptors (Lipinski definition) is 4. The summed E-state index contributed by atoms with van der Waals surface area (Å²) in [7, 11) is -0.856. The highest BCUT2D eigenvalue weighted by molar-refractivity contribution is 6.53. The molecular weight excluding hydrogens is 286 g/mol. The molecule has 0 bridgehead atoms. The molecule has 4 rings (SSSR count). The first-order chi connectivity index (χ1) is 10.2. The van der Waals surface area contributed by atoms with Gasteiger partial charge in [-0.05, 0) is 51.5 Å². The summed E-state index contributed by atoms with van der Waals surface area (Å²) in [5.41, 5.74) is -0.197. The van der Waals surface area contributed by atoms with Gasteiger partial charge in [0.2, 0.25) is 0 Å². The molecular formula is C16H24BFO4. The fourth-order valence-electron chi connectivity index (χ4n) is 4.18. The van der Waals surface area contributed by atoms with Gasteiger partial charge in [0.1, 0.15) is 5.73 Å². The molecule has 122 valence electrons. The fourth-order valence-corrected chi connectivity index (χ4v) is 4.18. The standard InChI is InChI=1S/C16H24BFO4/c1-13(2)14(3,4)22-17(21-13)12(18)11-7-15(8-11)9-16(10-15)19-5-6-20-16/h5-10H2,1-4H3. The van der Waals surface area contributed by atoms with Crippen molar-refractivity contribution in [2.75, 3.05) is 13.2 Å². The predicted molar refractivity (Wildman–Crippen MR) is 79.8 cm³/mol. The molecule has 0 radical (unpaired) electrons. The van der Waals surface area contributed by atoms with E-state index in [1.54, 1.807) is 0 Å². The van der Waals surface area contributed by atoms with Crippen LogP contribution in [0.15, 0.2) is 11.3 Å². The molecule has 0 aromatic carbocycles.